The second kappa shape index (κ2) is 4.14. The molecule has 1 aliphatic heterocycles. The van der Waals surface area contributed by atoms with Crippen LogP contribution in [0.4, 0.5) is 14.9 Å². The highest BCUT2D eigenvalue weighted by molar-refractivity contribution is 5.93. The first-order valence-electron chi connectivity index (χ1n) is 5.66. The Hall–Kier alpha value is -2.36. The summed E-state index contributed by atoms with van der Waals surface area (Å²) in [6.45, 7) is 0. The van der Waals surface area contributed by atoms with Gasteiger partial charge in [-0.25, -0.2) is 9.18 Å². The highest BCUT2D eigenvalue weighted by atomic mass is 19.1. The molecule has 0 spiro atoms. The molecule has 2 aromatic rings. The molecule has 0 radical (unpaired) electrons. The van der Waals surface area contributed by atoms with Crippen LogP contribution in [0, 0.1) is 5.82 Å². The summed E-state index contributed by atoms with van der Waals surface area (Å²) in [6, 6.07) is 13.2. The lowest BCUT2D eigenvalue weighted by atomic mass is 9.96. The standard InChI is InChI=1S/C14H11FN2O/c15-10-5-3-4-9(8-10)13-11-6-1-2-7-12(11)16-14(18)17-13/h1-8,13H,(H2,16,17,18). The number of carbonyl (C=O) groups excluding carboxylic acids is 1. The van der Waals surface area contributed by atoms with Crippen LogP contribution in [-0.2, 0) is 0 Å². The van der Waals surface area contributed by atoms with Crippen LogP contribution in [0.25, 0.3) is 0 Å². The van der Waals surface area contributed by atoms with Crippen LogP contribution in [0.15, 0.2) is 48.5 Å². The quantitative estimate of drug-likeness (QED) is 0.792. The van der Waals surface area contributed by atoms with Gasteiger partial charge in [0, 0.05) is 11.3 Å². The minimum atomic E-state index is -0.314. The normalized spacial score (nSPS) is 17.6. The van der Waals surface area contributed by atoms with Crippen molar-refractivity contribution in [2.24, 2.45) is 0 Å². The van der Waals surface area contributed by atoms with Gasteiger partial charge < -0.3 is 10.6 Å². The van der Waals surface area contributed by atoms with Gasteiger partial charge in [0.05, 0.1) is 6.04 Å². The molecule has 0 fully saturated rings. The Balaban J connectivity index is 2.10. The minimum Gasteiger partial charge on any atom is -0.327 e. The molecule has 0 saturated heterocycles. The van der Waals surface area contributed by atoms with Crippen molar-refractivity contribution < 1.29 is 9.18 Å². The van der Waals surface area contributed by atoms with Crippen molar-refractivity contribution in [3.63, 3.8) is 0 Å². The molecule has 0 bridgehead atoms. The highest BCUT2D eigenvalue weighted by Gasteiger charge is 2.24. The van der Waals surface area contributed by atoms with Crippen molar-refractivity contribution in [2.45, 2.75) is 6.04 Å². The van der Waals surface area contributed by atoms with E-state index in [1.54, 1.807) is 12.1 Å². The Bertz CT molecular complexity index is 612. The second-order valence-corrected chi connectivity index (χ2v) is 4.17. The molecule has 1 aliphatic rings. The van der Waals surface area contributed by atoms with Crippen molar-refractivity contribution in [1.29, 1.82) is 0 Å². The zero-order valence-electron chi connectivity index (χ0n) is 9.48. The third-order valence-electron chi connectivity index (χ3n) is 2.98. The summed E-state index contributed by atoms with van der Waals surface area (Å²) >= 11 is 0. The van der Waals surface area contributed by atoms with Gasteiger partial charge in [0.25, 0.3) is 0 Å². The summed E-state index contributed by atoms with van der Waals surface area (Å²) in [6.07, 6.45) is 0. The molecule has 4 heteroatoms. The number of fused-ring (bicyclic) bond motifs is 1. The third kappa shape index (κ3) is 1.82. The first kappa shape index (κ1) is 10.8. The number of anilines is 1. The Morgan fingerprint density at radius 2 is 1.89 bits per heavy atom. The van der Waals surface area contributed by atoms with Gasteiger partial charge in [-0.15, -0.1) is 0 Å². The fraction of sp³-hybridized carbons (Fsp3) is 0.0714. The van der Waals surface area contributed by atoms with Crippen LogP contribution in [0.2, 0.25) is 0 Å². The molecule has 0 aliphatic carbocycles. The third-order valence-corrected chi connectivity index (χ3v) is 2.98. The van der Waals surface area contributed by atoms with Crippen LogP contribution < -0.4 is 10.6 Å². The maximum absolute atomic E-state index is 13.3. The number of para-hydroxylation sites is 1. The number of amides is 2. The number of benzene rings is 2. The molecule has 1 unspecified atom stereocenters. The fourth-order valence-electron chi connectivity index (χ4n) is 2.18. The van der Waals surface area contributed by atoms with Crippen molar-refractivity contribution >= 4 is 11.7 Å². The van der Waals surface area contributed by atoms with Gasteiger partial charge in [-0.2, -0.15) is 0 Å². The SMILES string of the molecule is O=C1Nc2ccccc2C(c2cccc(F)c2)N1. The zero-order valence-corrected chi connectivity index (χ0v) is 9.48. The molecule has 90 valence electrons. The maximum Gasteiger partial charge on any atom is 0.320 e. The van der Waals surface area contributed by atoms with Gasteiger partial charge in [-0.1, -0.05) is 30.3 Å². The van der Waals surface area contributed by atoms with Crippen LogP contribution in [0.5, 0.6) is 0 Å². The van der Waals surface area contributed by atoms with Crippen molar-refractivity contribution in [3.8, 4) is 0 Å². The van der Waals surface area contributed by atoms with Crippen LogP contribution >= 0.6 is 0 Å². The molecule has 18 heavy (non-hydrogen) atoms. The summed E-state index contributed by atoms with van der Waals surface area (Å²) < 4.78 is 13.3. The van der Waals surface area contributed by atoms with Gasteiger partial charge in [-0.05, 0) is 23.8 Å². The van der Waals surface area contributed by atoms with Gasteiger partial charge in [0.1, 0.15) is 5.82 Å². The van der Waals surface area contributed by atoms with E-state index in [1.807, 2.05) is 24.3 Å². The number of hydrogen-bond acceptors (Lipinski definition) is 1. The highest BCUT2D eigenvalue weighted by Crippen LogP contribution is 2.31. The zero-order chi connectivity index (χ0) is 12.5. The molecular formula is C14H11FN2O. The van der Waals surface area contributed by atoms with Gasteiger partial charge in [0.15, 0.2) is 0 Å². The molecule has 0 aromatic heterocycles. The summed E-state index contributed by atoms with van der Waals surface area (Å²) in [5.41, 5.74) is 2.43. The van der Waals surface area contributed by atoms with E-state index >= 15 is 0 Å². The topological polar surface area (TPSA) is 41.1 Å². The Morgan fingerprint density at radius 1 is 1.06 bits per heavy atom. The van der Waals surface area contributed by atoms with E-state index in [9.17, 15) is 9.18 Å². The Labute approximate surface area is 104 Å². The van der Waals surface area contributed by atoms with Crippen LogP contribution in [0.3, 0.4) is 0 Å². The summed E-state index contributed by atoms with van der Waals surface area (Å²) in [5.74, 6) is -0.308. The predicted molar refractivity (Wildman–Crippen MR) is 66.8 cm³/mol. The molecule has 2 aromatic carbocycles. The second-order valence-electron chi connectivity index (χ2n) is 4.17. The van der Waals surface area contributed by atoms with E-state index in [4.69, 9.17) is 0 Å². The molecule has 1 atom stereocenters. The first-order chi connectivity index (χ1) is 8.74. The lowest BCUT2D eigenvalue weighted by Crippen LogP contribution is -2.38. The van der Waals surface area contributed by atoms with E-state index in [1.165, 1.54) is 12.1 Å². The predicted octanol–water partition coefficient (Wildman–Crippen LogP) is 3.05. The van der Waals surface area contributed by atoms with Gasteiger partial charge in [0.2, 0.25) is 0 Å². The average molecular weight is 242 g/mol. The summed E-state index contributed by atoms with van der Waals surface area (Å²) in [5, 5.41) is 5.53. The van der Waals surface area contributed by atoms with E-state index in [0.29, 0.717) is 0 Å². The minimum absolute atomic E-state index is 0.275. The van der Waals surface area contributed by atoms with Gasteiger partial charge in [-0.3, -0.25) is 0 Å². The van der Waals surface area contributed by atoms with Crippen LogP contribution in [0.1, 0.15) is 17.2 Å². The molecule has 0 saturated carbocycles. The molecule has 1 heterocycles. The molecule has 3 nitrogen and oxygen atoms in total. The fourth-order valence-corrected chi connectivity index (χ4v) is 2.18. The maximum atomic E-state index is 13.3. The molecule has 3 rings (SSSR count). The van der Waals surface area contributed by atoms with Crippen molar-refractivity contribution in [2.75, 3.05) is 5.32 Å². The smallest absolute Gasteiger partial charge is 0.320 e. The van der Waals surface area contributed by atoms with E-state index in [2.05, 4.69) is 10.6 Å². The summed E-state index contributed by atoms with van der Waals surface area (Å²) in [4.78, 5) is 11.6. The molecule has 2 amide bonds. The largest absolute Gasteiger partial charge is 0.327 e. The number of carbonyl (C=O) groups is 1. The molecule has 2 N–H and O–H groups in total. The number of nitrogens with one attached hydrogen (secondary N) is 2. The summed E-state index contributed by atoms with van der Waals surface area (Å²) in [7, 11) is 0. The van der Waals surface area contributed by atoms with Gasteiger partial charge >= 0.3 is 6.03 Å². The van der Waals surface area contributed by atoms with E-state index < -0.39 is 0 Å². The van der Waals surface area contributed by atoms with Crippen LogP contribution in [-0.4, -0.2) is 6.03 Å². The Kier molecular flexibility index (Phi) is 2.48. The molecular weight excluding hydrogens is 231 g/mol. The monoisotopic (exact) mass is 242 g/mol. The van der Waals surface area contributed by atoms with E-state index in [-0.39, 0.29) is 17.9 Å². The Morgan fingerprint density at radius 3 is 2.72 bits per heavy atom. The van der Waals surface area contributed by atoms with E-state index in [0.717, 1.165) is 16.8 Å². The number of urea groups is 1. The van der Waals surface area contributed by atoms with Crippen molar-refractivity contribution in [3.05, 3.63) is 65.5 Å². The average Bonchev–Trinajstić information content (AvgIpc) is 2.37. The van der Waals surface area contributed by atoms with Crippen molar-refractivity contribution in [1.82, 2.24) is 5.32 Å². The lowest BCUT2D eigenvalue weighted by molar-refractivity contribution is 0.249. The number of hydrogen-bond donors (Lipinski definition) is 2. The number of rotatable bonds is 1. The first-order valence-corrected chi connectivity index (χ1v) is 5.66. The lowest BCUT2D eigenvalue weighted by Gasteiger charge is -2.27. The number of halogens is 1.